The fraction of sp³-hybridized carbons (Fsp3) is 0.364. The van der Waals surface area contributed by atoms with Gasteiger partial charge in [-0.15, -0.1) is 0 Å². The van der Waals surface area contributed by atoms with Gasteiger partial charge in [0.1, 0.15) is 4.83 Å². The molecule has 0 N–H and O–H groups in total. The highest BCUT2D eigenvalue weighted by atomic mass is 79.9. The first kappa shape index (κ1) is 10.3. The van der Waals surface area contributed by atoms with Crippen LogP contribution in [0.4, 0.5) is 0 Å². The Hall–Kier alpha value is -0.810. The molecule has 0 saturated heterocycles. The van der Waals surface area contributed by atoms with Gasteiger partial charge < -0.3 is 0 Å². The van der Waals surface area contributed by atoms with E-state index >= 15 is 0 Å². The lowest BCUT2D eigenvalue weighted by atomic mass is 10.0. The number of hydrogen-bond donors (Lipinski definition) is 0. The van der Waals surface area contributed by atoms with E-state index in [9.17, 15) is 0 Å². The molecule has 1 aromatic carbocycles. The Morgan fingerprint density at radius 3 is 2.69 bits per heavy atom. The minimum absolute atomic E-state index is 0.0751. The van der Waals surface area contributed by atoms with Crippen molar-refractivity contribution in [3.8, 4) is 6.07 Å². The first-order valence-electron chi connectivity index (χ1n) is 4.23. The second-order valence-electron chi connectivity index (χ2n) is 3.23. The lowest BCUT2D eigenvalue weighted by Crippen LogP contribution is -2.00. The van der Waals surface area contributed by atoms with Crippen molar-refractivity contribution in [3.63, 3.8) is 0 Å². The zero-order valence-corrected chi connectivity index (χ0v) is 9.43. The van der Waals surface area contributed by atoms with Crippen molar-refractivity contribution in [2.45, 2.75) is 25.1 Å². The Morgan fingerprint density at radius 1 is 1.46 bits per heavy atom. The van der Waals surface area contributed by atoms with Gasteiger partial charge >= 0.3 is 0 Å². The summed E-state index contributed by atoms with van der Waals surface area (Å²) >= 11 is 3.31. The van der Waals surface area contributed by atoms with Crippen LogP contribution in [0.2, 0.25) is 0 Å². The molecule has 0 bridgehead atoms. The molecule has 0 saturated carbocycles. The summed E-state index contributed by atoms with van der Waals surface area (Å²) in [6.45, 7) is 4.16. The van der Waals surface area contributed by atoms with Gasteiger partial charge in [0.25, 0.3) is 0 Å². The first-order valence-corrected chi connectivity index (χ1v) is 5.15. The number of aryl methyl sites for hydroxylation is 2. The average molecular weight is 238 g/mol. The summed E-state index contributed by atoms with van der Waals surface area (Å²) in [4.78, 5) is -0.0751. The molecule has 1 atom stereocenters. The van der Waals surface area contributed by atoms with Crippen molar-refractivity contribution in [2.75, 3.05) is 0 Å². The summed E-state index contributed by atoms with van der Waals surface area (Å²) in [6.07, 6.45) is 0.780. The summed E-state index contributed by atoms with van der Waals surface area (Å²) < 4.78 is 0. The maximum Gasteiger partial charge on any atom is 0.105 e. The Morgan fingerprint density at radius 2 is 2.15 bits per heavy atom. The summed E-state index contributed by atoms with van der Waals surface area (Å²) in [7, 11) is 0. The fourth-order valence-corrected chi connectivity index (χ4v) is 1.66. The lowest BCUT2D eigenvalue weighted by molar-refractivity contribution is 1.02. The van der Waals surface area contributed by atoms with Crippen molar-refractivity contribution in [1.82, 2.24) is 0 Å². The minimum atomic E-state index is -0.0751. The van der Waals surface area contributed by atoms with E-state index in [1.165, 1.54) is 16.7 Å². The van der Waals surface area contributed by atoms with E-state index in [1.54, 1.807) is 0 Å². The Balaban J connectivity index is 2.85. The lowest BCUT2D eigenvalue weighted by Gasteiger charge is -2.06. The van der Waals surface area contributed by atoms with Crippen molar-refractivity contribution >= 4 is 15.9 Å². The molecule has 68 valence electrons. The predicted octanol–water partition coefficient (Wildman–Crippen LogP) is 3.13. The highest BCUT2D eigenvalue weighted by molar-refractivity contribution is 9.09. The van der Waals surface area contributed by atoms with Gasteiger partial charge in [0.15, 0.2) is 0 Å². The summed E-state index contributed by atoms with van der Waals surface area (Å²) in [5, 5.41) is 8.64. The van der Waals surface area contributed by atoms with E-state index in [0.29, 0.717) is 0 Å². The molecule has 2 heteroatoms. The van der Waals surface area contributed by atoms with Crippen LogP contribution in [-0.2, 0) is 6.42 Å². The topological polar surface area (TPSA) is 23.8 Å². The van der Waals surface area contributed by atoms with Crippen LogP contribution in [0.5, 0.6) is 0 Å². The largest absolute Gasteiger partial charge is 0.197 e. The van der Waals surface area contributed by atoms with Crippen LogP contribution in [-0.4, -0.2) is 4.83 Å². The number of alkyl halides is 1. The SMILES string of the molecule is Cc1ccc(CC(Br)C#N)c(C)c1. The smallest absolute Gasteiger partial charge is 0.105 e. The molecule has 0 aliphatic heterocycles. The maximum atomic E-state index is 8.64. The molecular formula is C11H12BrN. The van der Waals surface area contributed by atoms with E-state index in [0.717, 1.165) is 6.42 Å². The van der Waals surface area contributed by atoms with E-state index < -0.39 is 0 Å². The van der Waals surface area contributed by atoms with Gasteiger partial charge in [-0.1, -0.05) is 39.7 Å². The Kier molecular flexibility index (Phi) is 3.50. The molecule has 0 heterocycles. The van der Waals surface area contributed by atoms with Gasteiger partial charge in [-0.25, -0.2) is 0 Å². The molecule has 0 aliphatic rings. The van der Waals surface area contributed by atoms with Crippen LogP contribution >= 0.6 is 15.9 Å². The van der Waals surface area contributed by atoms with Gasteiger partial charge in [0, 0.05) is 0 Å². The number of rotatable bonds is 2. The predicted molar refractivity (Wildman–Crippen MR) is 57.9 cm³/mol. The van der Waals surface area contributed by atoms with E-state index in [2.05, 4.69) is 54.0 Å². The summed E-state index contributed by atoms with van der Waals surface area (Å²) in [5.41, 5.74) is 3.78. The first-order chi connectivity index (χ1) is 6.13. The van der Waals surface area contributed by atoms with Crippen molar-refractivity contribution in [3.05, 3.63) is 34.9 Å². The monoisotopic (exact) mass is 237 g/mol. The number of nitriles is 1. The highest BCUT2D eigenvalue weighted by Crippen LogP contribution is 2.15. The van der Waals surface area contributed by atoms with Crippen LogP contribution < -0.4 is 0 Å². The van der Waals surface area contributed by atoms with Crippen LogP contribution in [0.25, 0.3) is 0 Å². The number of nitrogens with zero attached hydrogens (tertiary/aromatic N) is 1. The molecule has 0 spiro atoms. The number of halogens is 1. The second-order valence-corrected chi connectivity index (χ2v) is 4.34. The third-order valence-corrected chi connectivity index (χ3v) is 2.57. The van der Waals surface area contributed by atoms with E-state index in [-0.39, 0.29) is 4.83 Å². The van der Waals surface area contributed by atoms with Gasteiger partial charge in [-0.3, -0.25) is 0 Å². The van der Waals surface area contributed by atoms with E-state index in [4.69, 9.17) is 5.26 Å². The Bertz CT molecular complexity index is 338. The number of benzene rings is 1. The standard InChI is InChI=1S/C11H12BrN/c1-8-3-4-10(9(2)5-8)6-11(12)7-13/h3-5,11H,6H2,1-2H3. The molecule has 0 aromatic heterocycles. The molecule has 1 rings (SSSR count). The van der Waals surface area contributed by atoms with Crippen molar-refractivity contribution in [1.29, 1.82) is 5.26 Å². The van der Waals surface area contributed by atoms with Gasteiger partial charge in [0.2, 0.25) is 0 Å². The molecule has 13 heavy (non-hydrogen) atoms. The summed E-state index contributed by atoms with van der Waals surface area (Å²) in [6, 6.07) is 8.49. The number of hydrogen-bond acceptors (Lipinski definition) is 1. The summed E-state index contributed by atoms with van der Waals surface area (Å²) in [5.74, 6) is 0. The highest BCUT2D eigenvalue weighted by Gasteiger charge is 2.05. The van der Waals surface area contributed by atoms with E-state index in [1.807, 2.05) is 0 Å². The third kappa shape index (κ3) is 2.86. The van der Waals surface area contributed by atoms with Gasteiger partial charge in [-0.2, -0.15) is 5.26 Å². The minimum Gasteiger partial charge on any atom is -0.197 e. The van der Waals surface area contributed by atoms with Crippen LogP contribution in [0.15, 0.2) is 18.2 Å². The van der Waals surface area contributed by atoms with Crippen LogP contribution in [0, 0.1) is 25.2 Å². The average Bonchev–Trinajstić information content (AvgIpc) is 2.09. The fourth-order valence-electron chi connectivity index (χ4n) is 1.31. The third-order valence-electron chi connectivity index (χ3n) is 2.04. The van der Waals surface area contributed by atoms with Crippen LogP contribution in [0.3, 0.4) is 0 Å². The molecule has 1 aromatic rings. The molecule has 1 nitrogen and oxygen atoms in total. The molecule has 0 radical (unpaired) electrons. The van der Waals surface area contributed by atoms with Gasteiger partial charge in [-0.05, 0) is 31.4 Å². The van der Waals surface area contributed by atoms with Crippen LogP contribution in [0.1, 0.15) is 16.7 Å². The molecule has 0 fully saturated rings. The zero-order chi connectivity index (χ0) is 9.84. The van der Waals surface area contributed by atoms with Crippen molar-refractivity contribution in [2.24, 2.45) is 0 Å². The second kappa shape index (κ2) is 4.43. The zero-order valence-electron chi connectivity index (χ0n) is 7.84. The maximum absolute atomic E-state index is 8.64. The Labute approximate surface area is 87.5 Å². The van der Waals surface area contributed by atoms with Crippen molar-refractivity contribution < 1.29 is 0 Å². The molecule has 0 amide bonds. The van der Waals surface area contributed by atoms with Gasteiger partial charge in [0.05, 0.1) is 6.07 Å². The molecule has 0 aliphatic carbocycles. The normalized spacial score (nSPS) is 12.2. The molecular weight excluding hydrogens is 226 g/mol. The molecule has 1 unspecified atom stereocenters. The quantitative estimate of drug-likeness (QED) is 0.726.